The molecule has 1 N–H and O–H groups in total. The zero-order valence-electron chi connectivity index (χ0n) is 10.0. The lowest BCUT2D eigenvalue weighted by molar-refractivity contribution is -0.385. The fourth-order valence-corrected chi connectivity index (χ4v) is 2.07. The van der Waals surface area contributed by atoms with E-state index >= 15 is 0 Å². The van der Waals surface area contributed by atoms with Gasteiger partial charge in [-0.2, -0.15) is 0 Å². The molecule has 2 aromatic carbocycles. The standard InChI is InChI=1S/C13H9Cl2NO4/c14-10-2-1-3-12(16(18)19)9(10)7-20-13-5-4-8(17)6-11(13)15/h1-6,17H,7H2. The molecule has 0 amide bonds. The average molecular weight is 314 g/mol. The number of aromatic hydroxyl groups is 1. The van der Waals surface area contributed by atoms with Crippen molar-refractivity contribution in [2.45, 2.75) is 6.61 Å². The minimum atomic E-state index is -0.525. The third-order valence-corrected chi connectivity index (χ3v) is 3.23. The van der Waals surface area contributed by atoms with Gasteiger partial charge in [-0.3, -0.25) is 10.1 Å². The lowest BCUT2D eigenvalue weighted by Gasteiger charge is -2.09. The molecule has 104 valence electrons. The number of halogens is 2. The Bertz CT molecular complexity index is 661. The van der Waals surface area contributed by atoms with Crippen LogP contribution in [0.5, 0.6) is 11.5 Å². The van der Waals surface area contributed by atoms with Gasteiger partial charge >= 0.3 is 0 Å². The van der Waals surface area contributed by atoms with Crippen molar-refractivity contribution >= 4 is 28.9 Å². The number of phenols is 1. The van der Waals surface area contributed by atoms with Crippen LogP contribution in [-0.2, 0) is 6.61 Å². The highest BCUT2D eigenvalue weighted by molar-refractivity contribution is 6.32. The highest BCUT2D eigenvalue weighted by Crippen LogP contribution is 2.31. The first-order valence-corrected chi connectivity index (χ1v) is 6.27. The molecule has 0 spiro atoms. The Morgan fingerprint density at radius 3 is 2.60 bits per heavy atom. The van der Waals surface area contributed by atoms with Crippen LogP contribution in [0.3, 0.4) is 0 Å². The molecule has 0 atom stereocenters. The van der Waals surface area contributed by atoms with E-state index in [9.17, 15) is 15.2 Å². The second kappa shape index (κ2) is 5.98. The summed E-state index contributed by atoms with van der Waals surface area (Å²) in [5.41, 5.74) is 0.149. The number of ether oxygens (including phenoxy) is 1. The van der Waals surface area contributed by atoms with Crippen molar-refractivity contribution < 1.29 is 14.8 Å². The zero-order valence-corrected chi connectivity index (χ0v) is 11.6. The molecular weight excluding hydrogens is 305 g/mol. The van der Waals surface area contributed by atoms with E-state index in [4.69, 9.17) is 27.9 Å². The van der Waals surface area contributed by atoms with Crippen LogP contribution < -0.4 is 4.74 Å². The van der Waals surface area contributed by atoms with E-state index in [2.05, 4.69) is 0 Å². The van der Waals surface area contributed by atoms with E-state index in [-0.39, 0.29) is 33.7 Å². The van der Waals surface area contributed by atoms with Gasteiger partial charge in [0.2, 0.25) is 0 Å². The third kappa shape index (κ3) is 3.12. The molecule has 0 unspecified atom stereocenters. The van der Waals surface area contributed by atoms with Gasteiger partial charge in [-0.25, -0.2) is 0 Å². The molecule has 20 heavy (non-hydrogen) atoms. The predicted octanol–water partition coefficient (Wildman–Crippen LogP) is 4.19. The number of nitro benzene ring substituents is 1. The van der Waals surface area contributed by atoms with E-state index in [0.717, 1.165) is 0 Å². The molecule has 0 fully saturated rings. The molecule has 0 saturated heterocycles. The number of phenolic OH excluding ortho intramolecular Hbond substituents is 1. The van der Waals surface area contributed by atoms with Crippen molar-refractivity contribution in [1.82, 2.24) is 0 Å². The average Bonchev–Trinajstić information content (AvgIpc) is 2.38. The van der Waals surface area contributed by atoms with Crippen molar-refractivity contribution in [3.63, 3.8) is 0 Å². The molecule has 0 radical (unpaired) electrons. The van der Waals surface area contributed by atoms with Crippen molar-refractivity contribution in [1.29, 1.82) is 0 Å². The van der Waals surface area contributed by atoms with Gasteiger partial charge in [0.1, 0.15) is 18.1 Å². The summed E-state index contributed by atoms with van der Waals surface area (Å²) in [6.45, 7) is -0.0967. The smallest absolute Gasteiger partial charge is 0.277 e. The molecule has 0 aliphatic rings. The molecule has 7 heteroatoms. The molecule has 0 aliphatic heterocycles. The second-order valence-electron chi connectivity index (χ2n) is 3.90. The summed E-state index contributed by atoms with van der Waals surface area (Å²) in [6, 6.07) is 8.59. The number of rotatable bonds is 4. The van der Waals surface area contributed by atoms with Crippen LogP contribution in [0.2, 0.25) is 10.0 Å². The van der Waals surface area contributed by atoms with Crippen molar-refractivity contribution in [2.75, 3.05) is 0 Å². The quantitative estimate of drug-likeness (QED) is 0.678. The number of benzene rings is 2. The first kappa shape index (κ1) is 14.4. The number of hydrogen-bond donors (Lipinski definition) is 1. The first-order valence-electron chi connectivity index (χ1n) is 5.52. The van der Waals surface area contributed by atoms with Crippen LogP contribution >= 0.6 is 23.2 Å². The second-order valence-corrected chi connectivity index (χ2v) is 4.71. The molecular formula is C13H9Cl2NO4. The maximum Gasteiger partial charge on any atom is 0.277 e. The van der Waals surface area contributed by atoms with Gasteiger partial charge in [-0.1, -0.05) is 29.3 Å². The largest absolute Gasteiger partial charge is 0.508 e. The molecule has 2 aromatic rings. The number of hydrogen-bond acceptors (Lipinski definition) is 4. The number of nitrogens with zero attached hydrogens (tertiary/aromatic N) is 1. The van der Waals surface area contributed by atoms with Gasteiger partial charge in [0.05, 0.1) is 20.5 Å². The van der Waals surface area contributed by atoms with E-state index in [1.165, 1.54) is 30.3 Å². The van der Waals surface area contributed by atoms with Crippen LogP contribution in [0, 0.1) is 10.1 Å². The molecule has 0 heterocycles. The molecule has 5 nitrogen and oxygen atoms in total. The monoisotopic (exact) mass is 313 g/mol. The maximum atomic E-state index is 10.9. The Balaban J connectivity index is 2.25. The summed E-state index contributed by atoms with van der Waals surface area (Å²) in [5.74, 6) is 0.310. The Morgan fingerprint density at radius 1 is 1.20 bits per heavy atom. The Labute approximate surface area is 124 Å². The SMILES string of the molecule is O=[N+]([O-])c1cccc(Cl)c1COc1ccc(O)cc1Cl. The summed E-state index contributed by atoms with van der Waals surface area (Å²) >= 11 is 11.8. The molecule has 0 bridgehead atoms. The Hall–Kier alpha value is -1.98. The van der Waals surface area contributed by atoms with Crippen LogP contribution in [-0.4, -0.2) is 10.0 Å². The minimum absolute atomic E-state index is 0.00562. The topological polar surface area (TPSA) is 72.6 Å². The molecule has 0 saturated carbocycles. The van der Waals surface area contributed by atoms with E-state index in [0.29, 0.717) is 5.75 Å². The Morgan fingerprint density at radius 2 is 1.95 bits per heavy atom. The molecule has 0 aromatic heterocycles. The lowest BCUT2D eigenvalue weighted by atomic mass is 10.2. The number of nitro groups is 1. The van der Waals surface area contributed by atoms with Gasteiger partial charge in [-0.05, 0) is 18.2 Å². The van der Waals surface area contributed by atoms with Gasteiger partial charge in [0.25, 0.3) is 5.69 Å². The minimum Gasteiger partial charge on any atom is -0.508 e. The van der Waals surface area contributed by atoms with Crippen molar-refractivity contribution in [3.8, 4) is 11.5 Å². The summed E-state index contributed by atoms with van der Waals surface area (Å²) in [5, 5.41) is 20.6. The van der Waals surface area contributed by atoms with Gasteiger partial charge in [0.15, 0.2) is 0 Å². The van der Waals surface area contributed by atoms with Crippen LogP contribution in [0.1, 0.15) is 5.56 Å². The van der Waals surface area contributed by atoms with Crippen LogP contribution in [0.25, 0.3) is 0 Å². The molecule has 0 aliphatic carbocycles. The van der Waals surface area contributed by atoms with Crippen LogP contribution in [0.15, 0.2) is 36.4 Å². The Kier molecular flexibility index (Phi) is 4.32. The van der Waals surface area contributed by atoms with Gasteiger partial charge in [0, 0.05) is 12.1 Å². The summed E-state index contributed by atoms with van der Waals surface area (Å²) in [6.07, 6.45) is 0. The molecule has 2 rings (SSSR count). The predicted molar refractivity (Wildman–Crippen MR) is 75.6 cm³/mol. The fourth-order valence-electron chi connectivity index (χ4n) is 1.62. The maximum absolute atomic E-state index is 10.9. The third-order valence-electron chi connectivity index (χ3n) is 2.58. The highest BCUT2D eigenvalue weighted by Gasteiger charge is 2.17. The summed E-state index contributed by atoms with van der Waals surface area (Å²) in [4.78, 5) is 10.4. The summed E-state index contributed by atoms with van der Waals surface area (Å²) < 4.78 is 5.42. The van der Waals surface area contributed by atoms with Crippen LogP contribution in [0.4, 0.5) is 5.69 Å². The van der Waals surface area contributed by atoms with E-state index < -0.39 is 4.92 Å². The van der Waals surface area contributed by atoms with Gasteiger partial charge < -0.3 is 9.84 Å². The van der Waals surface area contributed by atoms with E-state index in [1.807, 2.05) is 0 Å². The van der Waals surface area contributed by atoms with Crippen molar-refractivity contribution in [2.24, 2.45) is 0 Å². The van der Waals surface area contributed by atoms with Gasteiger partial charge in [-0.15, -0.1) is 0 Å². The highest BCUT2D eigenvalue weighted by atomic mass is 35.5. The fraction of sp³-hybridized carbons (Fsp3) is 0.0769. The summed E-state index contributed by atoms with van der Waals surface area (Å²) in [7, 11) is 0. The van der Waals surface area contributed by atoms with Crippen molar-refractivity contribution in [3.05, 3.63) is 62.1 Å². The lowest BCUT2D eigenvalue weighted by Crippen LogP contribution is -2.01. The normalized spacial score (nSPS) is 10.3. The zero-order chi connectivity index (χ0) is 14.7. The van der Waals surface area contributed by atoms with E-state index in [1.54, 1.807) is 6.07 Å². The first-order chi connectivity index (χ1) is 9.49.